The molecule has 0 bridgehead atoms. The van der Waals surface area contributed by atoms with Gasteiger partial charge in [0.15, 0.2) is 0 Å². The van der Waals surface area contributed by atoms with E-state index in [9.17, 15) is 14.9 Å². The van der Waals surface area contributed by atoms with E-state index in [0.717, 1.165) is 25.3 Å². The van der Waals surface area contributed by atoms with Crippen molar-refractivity contribution in [2.75, 3.05) is 0 Å². The first-order valence-corrected chi connectivity index (χ1v) is 5.14. The first kappa shape index (κ1) is 12.2. The zero-order valence-electron chi connectivity index (χ0n) is 9.05. The molecule has 88 valence electrons. The van der Waals surface area contributed by atoms with Crippen LogP contribution in [0.2, 0.25) is 0 Å². The average molecular weight is 226 g/mol. The Balaban J connectivity index is 2.87. The van der Waals surface area contributed by atoms with Crippen molar-refractivity contribution in [2.45, 2.75) is 32.7 Å². The van der Waals surface area contributed by atoms with E-state index in [1.807, 2.05) is 6.92 Å². The first-order chi connectivity index (χ1) is 7.56. The minimum absolute atomic E-state index is 0.0252. The molecule has 1 rings (SSSR count). The smallest absolute Gasteiger partial charge is 0.352 e. The summed E-state index contributed by atoms with van der Waals surface area (Å²) in [6.45, 7) is 2.54. The van der Waals surface area contributed by atoms with Crippen molar-refractivity contribution < 1.29 is 14.8 Å². The van der Waals surface area contributed by atoms with E-state index < -0.39 is 10.9 Å². The second kappa shape index (κ2) is 5.29. The summed E-state index contributed by atoms with van der Waals surface area (Å²) in [6.07, 6.45) is 4.10. The number of carbonyl (C=O) groups is 1. The fourth-order valence-corrected chi connectivity index (χ4v) is 1.49. The largest absolute Gasteiger partial charge is 0.477 e. The molecular weight excluding hydrogens is 212 g/mol. The summed E-state index contributed by atoms with van der Waals surface area (Å²) in [7, 11) is 0. The van der Waals surface area contributed by atoms with Crippen molar-refractivity contribution in [2.24, 2.45) is 0 Å². The fourth-order valence-electron chi connectivity index (χ4n) is 1.49. The van der Waals surface area contributed by atoms with Gasteiger partial charge >= 0.3 is 5.97 Å². The molecule has 0 aliphatic carbocycles. The van der Waals surface area contributed by atoms with Gasteiger partial charge in [-0.3, -0.25) is 10.1 Å². The standard InChI is InChI=1S/C10H14N2O4/c1-2-3-4-5-11-7-8(12(15)16)6-9(11)10(13)14/h6-7H,2-5H2,1H3,(H,13,14). The summed E-state index contributed by atoms with van der Waals surface area (Å²) in [5, 5.41) is 19.4. The lowest BCUT2D eigenvalue weighted by Gasteiger charge is -2.03. The molecule has 1 aromatic rings. The number of carboxylic acids is 1. The third kappa shape index (κ3) is 2.82. The third-order valence-corrected chi connectivity index (χ3v) is 2.31. The van der Waals surface area contributed by atoms with Crippen LogP contribution in [0.15, 0.2) is 12.3 Å². The van der Waals surface area contributed by atoms with E-state index in [4.69, 9.17) is 5.11 Å². The van der Waals surface area contributed by atoms with Crippen LogP contribution in [0.4, 0.5) is 5.69 Å². The van der Waals surface area contributed by atoms with Crippen molar-refractivity contribution in [1.29, 1.82) is 0 Å². The van der Waals surface area contributed by atoms with E-state index >= 15 is 0 Å². The molecule has 0 radical (unpaired) electrons. The predicted molar refractivity (Wildman–Crippen MR) is 57.6 cm³/mol. The van der Waals surface area contributed by atoms with Crippen molar-refractivity contribution in [3.63, 3.8) is 0 Å². The average Bonchev–Trinajstić information content (AvgIpc) is 2.62. The predicted octanol–water partition coefficient (Wildman–Crippen LogP) is 2.28. The second-order valence-corrected chi connectivity index (χ2v) is 3.55. The fraction of sp³-hybridized carbons (Fsp3) is 0.500. The molecule has 0 aromatic carbocycles. The molecule has 1 aromatic heterocycles. The Morgan fingerprint density at radius 1 is 1.56 bits per heavy atom. The number of nitro groups is 1. The summed E-state index contributed by atoms with van der Waals surface area (Å²) < 4.78 is 1.43. The van der Waals surface area contributed by atoms with Gasteiger partial charge in [-0.1, -0.05) is 19.8 Å². The lowest BCUT2D eigenvalue weighted by molar-refractivity contribution is -0.384. The molecule has 16 heavy (non-hydrogen) atoms. The van der Waals surface area contributed by atoms with E-state index in [-0.39, 0.29) is 11.4 Å². The summed E-state index contributed by atoms with van der Waals surface area (Å²) in [4.78, 5) is 20.8. The van der Waals surface area contributed by atoms with Gasteiger partial charge in [-0.25, -0.2) is 4.79 Å². The Labute approximate surface area is 92.6 Å². The number of hydrogen-bond acceptors (Lipinski definition) is 3. The Morgan fingerprint density at radius 3 is 2.75 bits per heavy atom. The lowest BCUT2D eigenvalue weighted by atomic mass is 10.2. The van der Waals surface area contributed by atoms with Crippen molar-refractivity contribution >= 4 is 11.7 Å². The molecule has 0 spiro atoms. The maximum atomic E-state index is 10.8. The van der Waals surface area contributed by atoms with Crippen LogP contribution in [0.5, 0.6) is 0 Å². The quantitative estimate of drug-likeness (QED) is 0.458. The van der Waals surface area contributed by atoms with Crippen LogP contribution >= 0.6 is 0 Å². The summed E-state index contributed by atoms with van der Waals surface area (Å²) in [6, 6.07) is 1.09. The molecule has 6 heteroatoms. The molecule has 0 saturated heterocycles. The van der Waals surface area contributed by atoms with Crippen LogP contribution in [-0.2, 0) is 6.54 Å². The zero-order chi connectivity index (χ0) is 12.1. The lowest BCUT2D eigenvalue weighted by Crippen LogP contribution is -2.07. The summed E-state index contributed by atoms with van der Waals surface area (Å²) in [5.41, 5.74) is -0.197. The first-order valence-electron chi connectivity index (χ1n) is 5.14. The number of nitrogens with zero attached hydrogens (tertiary/aromatic N) is 2. The van der Waals surface area contributed by atoms with Gasteiger partial charge in [0, 0.05) is 12.6 Å². The number of aryl methyl sites for hydroxylation is 1. The molecule has 0 aliphatic heterocycles. The molecule has 1 heterocycles. The van der Waals surface area contributed by atoms with E-state index in [1.165, 1.54) is 10.8 Å². The number of aromatic nitrogens is 1. The number of rotatable bonds is 6. The number of hydrogen-bond donors (Lipinski definition) is 1. The van der Waals surface area contributed by atoms with Gasteiger partial charge < -0.3 is 9.67 Å². The Bertz CT molecular complexity index is 398. The molecule has 0 fully saturated rings. The molecule has 0 aliphatic rings. The number of carboxylic acid groups (broad SMARTS) is 1. The highest BCUT2D eigenvalue weighted by molar-refractivity contribution is 5.86. The topological polar surface area (TPSA) is 85.4 Å². The van der Waals surface area contributed by atoms with Crippen LogP contribution in [0.25, 0.3) is 0 Å². The van der Waals surface area contributed by atoms with Crippen LogP contribution in [0, 0.1) is 10.1 Å². The van der Waals surface area contributed by atoms with Crippen LogP contribution in [0.3, 0.4) is 0 Å². The normalized spacial score (nSPS) is 10.3. The second-order valence-electron chi connectivity index (χ2n) is 3.55. The Hall–Kier alpha value is -1.85. The minimum Gasteiger partial charge on any atom is -0.477 e. The molecule has 0 saturated carbocycles. The zero-order valence-corrected chi connectivity index (χ0v) is 9.05. The summed E-state index contributed by atoms with van der Waals surface area (Å²) >= 11 is 0. The minimum atomic E-state index is -1.13. The molecule has 0 amide bonds. The van der Waals surface area contributed by atoms with Crippen LogP contribution in [-0.4, -0.2) is 20.6 Å². The van der Waals surface area contributed by atoms with Crippen LogP contribution in [0.1, 0.15) is 36.7 Å². The van der Waals surface area contributed by atoms with Gasteiger partial charge in [0.25, 0.3) is 5.69 Å². The van der Waals surface area contributed by atoms with Gasteiger partial charge in [0.05, 0.1) is 11.1 Å². The highest BCUT2D eigenvalue weighted by Gasteiger charge is 2.18. The molecule has 0 atom stereocenters. The number of aromatic carboxylic acids is 1. The monoisotopic (exact) mass is 226 g/mol. The third-order valence-electron chi connectivity index (χ3n) is 2.31. The van der Waals surface area contributed by atoms with Gasteiger partial charge in [0.1, 0.15) is 5.69 Å². The van der Waals surface area contributed by atoms with E-state index in [0.29, 0.717) is 6.54 Å². The van der Waals surface area contributed by atoms with Gasteiger partial charge in [-0.2, -0.15) is 0 Å². The molecule has 0 unspecified atom stereocenters. The van der Waals surface area contributed by atoms with Crippen molar-refractivity contribution in [3.8, 4) is 0 Å². The van der Waals surface area contributed by atoms with Crippen LogP contribution < -0.4 is 0 Å². The maximum absolute atomic E-state index is 10.8. The van der Waals surface area contributed by atoms with Gasteiger partial charge in [-0.15, -0.1) is 0 Å². The molecule has 6 nitrogen and oxygen atoms in total. The summed E-state index contributed by atoms with van der Waals surface area (Å²) in [5.74, 6) is -1.13. The SMILES string of the molecule is CCCCCn1cc([N+](=O)[O-])cc1C(=O)O. The van der Waals surface area contributed by atoms with E-state index in [1.54, 1.807) is 0 Å². The van der Waals surface area contributed by atoms with Gasteiger partial charge in [0.2, 0.25) is 0 Å². The van der Waals surface area contributed by atoms with Crippen molar-refractivity contribution in [1.82, 2.24) is 4.57 Å². The highest BCUT2D eigenvalue weighted by atomic mass is 16.6. The number of unbranched alkanes of at least 4 members (excludes halogenated alkanes) is 2. The van der Waals surface area contributed by atoms with Crippen molar-refractivity contribution in [3.05, 3.63) is 28.1 Å². The molecular formula is C10H14N2O4. The maximum Gasteiger partial charge on any atom is 0.352 e. The Kier molecular flexibility index (Phi) is 4.04. The Morgan fingerprint density at radius 2 is 2.25 bits per heavy atom. The highest BCUT2D eigenvalue weighted by Crippen LogP contribution is 2.17. The van der Waals surface area contributed by atoms with E-state index in [2.05, 4.69) is 0 Å². The molecule has 1 N–H and O–H groups in total. The van der Waals surface area contributed by atoms with Gasteiger partial charge in [-0.05, 0) is 6.42 Å².